The van der Waals surface area contributed by atoms with Gasteiger partial charge in [-0.25, -0.2) is 19.2 Å². The summed E-state index contributed by atoms with van der Waals surface area (Å²) >= 11 is 6.07. The fourth-order valence-corrected chi connectivity index (χ4v) is 3.96. The number of aromatic amines is 1. The van der Waals surface area contributed by atoms with Crippen molar-refractivity contribution in [2.75, 3.05) is 7.11 Å². The summed E-state index contributed by atoms with van der Waals surface area (Å²) in [5.41, 5.74) is 1.44. The molecule has 3 unspecified atom stereocenters. The number of H-pyrrole nitrogens is 1. The Morgan fingerprint density at radius 3 is 3.03 bits per heavy atom. The Morgan fingerprint density at radius 1 is 1.38 bits per heavy atom. The summed E-state index contributed by atoms with van der Waals surface area (Å²) in [7, 11) is 1.34. The third kappa shape index (κ3) is 4.35. The van der Waals surface area contributed by atoms with Gasteiger partial charge in [-0.15, -0.1) is 0 Å². The quantitative estimate of drug-likeness (QED) is 0.609. The van der Waals surface area contributed by atoms with Gasteiger partial charge in [0.1, 0.15) is 11.5 Å². The Balaban J connectivity index is 1.50. The topological polar surface area (TPSA) is 103 Å². The lowest BCUT2D eigenvalue weighted by atomic mass is 9.91. The summed E-state index contributed by atoms with van der Waals surface area (Å²) < 4.78 is 19.1. The lowest BCUT2D eigenvalue weighted by Gasteiger charge is -2.32. The van der Waals surface area contributed by atoms with E-state index in [0.717, 1.165) is 30.2 Å². The van der Waals surface area contributed by atoms with E-state index in [4.69, 9.17) is 11.6 Å². The molecule has 3 heterocycles. The van der Waals surface area contributed by atoms with Crippen LogP contribution < -0.4 is 16.0 Å². The highest BCUT2D eigenvalue weighted by atomic mass is 35.5. The normalized spacial score (nSPS) is 24.4. The van der Waals surface area contributed by atoms with E-state index in [-0.39, 0.29) is 12.1 Å². The first kappa shape index (κ1) is 19.7. The van der Waals surface area contributed by atoms with Crippen LogP contribution in [0.4, 0.5) is 9.18 Å². The van der Waals surface area contributed by atoms with Crippen molar-refractivity contribution >= 4 is 34.6 Å². The maximum atomic E-state index is 14.5. The van der Waals surface area contributed by atoms with Gasteiger partial charge in [-0.3, -0.25) is 5.32 Å². The Labute approximate surface area is 172 Å². The molecular weight excluding hydrogens is 399 g/mol. The second kappa shape index (κ2) is 8.38. The molecule has 3 atom stereocenters. The lowest BCUT2D eigenvalue weighted by molar-refractivity contribution is 0.160. The molecule has 2 aromatic rings. The van der Waals surface area contributed by atoms with Crippen LogP contribution in [0.3, 0.4) is 0 Å². The molecule has 1 saturated carbocycles. The molecule has 0 spiro atoms. The number of nitrogens with one attached hydrogen (secondary N) is 4. The fourth-order valence-electron chi connectivity index (χ4n) is 3.80. The highest BCUT2D eigenvalue weighted by Gasteiger charge is 2.28. The minimum atomic E-state index is -0.801. The number of hydrogen-bond donors (Lipinski definition) is 4. The van der Waals surface area contributed by atoms with Crippen LogP contribution in [-0.2, 0) is 4.74 Å². The maximum absolute atomic E-state index is 14.5. The minimum Gasteiger partial charge on any atom is -0.453 e. The molecule has 10 heteroatoms. The molecule has 0 aromatic carbocycles. The van der Waals surface area contributed by atoms with Crippen LogP contribution in [0.5, 0.6) is 0 Å². The number of methoxy groups -OCH3 is 1. The van der Waals surface area contributed by atoms with Crippen molar-refractivity contribution in [3.05, 3.63) is 41.1 Å². The van der Waals surface area contributed by atoms with E-state index in [9.17, 15) is 9.18 Å². The number of carbonyl (C=O) groups is 1. The number of carbonyl (C=O) groups excluding carboxylic acids is 1. The first-order valence-corrected chi connectivity index (χ1v) is 9.84. The SMILES string of the molecule is COC(=O)NC1CCCC(NC2N=C(c3c[nH]c4ncc(Cl)cc34)NC=C2F)C1. The number of ether oxygens (including phenoxy) is 1. The molecule has 29 heavy (non-hydrogen) atoms. The van der Waals surface area contributed by atoms with Crippen molar-refractivity contribution in [1.82, 2.24) is 25.9 Å². The molecule has 1 aliphatic carbocycles. The molecule has 4 rings (SSSR count). The largest absolute Gasteiger partial charge is 0.453 e. The summed E-state index contributed by atoms with van der Waals surface area (Å²) in [6.45, 7) is 0. The molecule has 1 amide bonds. The van der Waals surface area contributed by atoms with Gasteiger partial charge in [0.2, 0.25) is 0 Å². The van der Waals surface area contributed by atoms with Gasteiger partial charge in [0.05, 0.1) is 12.1 Å². The zero-order chi connectivity index (χ0) is 20.4. The average molecular weight is 421 g/mol. The highest BCUT2D eigenvalue weighted by Crippen LogP contribution is 2.24. The molecule has 8 nitrogen and oxygen atoms in total. The number of fused-ring (bicyclic) bond motifs is 1. The molecule has 0 bridgehead atoms. The van der Waals surface area contributed by atoms with Crippen LogP contribution in [0.15, 0.2) is 35.5 Å². The van der Waals surface area contributed by atoms with Crippen LogP contribution >= 0.6 is 11.6 Å². The smallest absolute Gasteiger partial charge is 0.407 e. The molecule has 2 aromatic heterocycles. The van der Waals surface area contributed by atoms with Gasteiger partial charge in [-0.2, -0.15) is 0 Å². The first-order valence-electron chi connectivity index (χ1n) is 9.47. The lowest BCUT2D eigenvalue weighted by Crippen LogP contribution is -2.48. The standard InChI is InChI=1S/C19H22ClFN6O2/c1-29-19(28)26-12-4-2-3-11(6-12)25-18-15(21)9-24-17(27-18)14-8-23-16-13(14)5-10(20)7-22-16/h5,7-9,11-12,18,25H,2-4,6H2,1H3,(H,22,23)(H,24,27)(H,26,28). The predicted octanol–water partition coefficient (Wildman–Crippen LogP) is 2.96. The summed E-state index contributed by atoms with van der Waals surface area (Å²) in [6, 6.07) is 1.81. The summed E-state index contributed by atoms with van der Waals surface area (Å²) in [4.78, 5) is 23.3. The summed E-state index contributed by atoms with van der Waals surface area (Å²) in [5.74, 6) is 0.132. The third-order valence-corrected chi connectivity index (χ3v) is 5.40. The maximum Gasteiger partial charge on any atom is 0.407 e. The zero-order valence-corrected chi connectivity index (χ0v) is 16.6. The van der Waals surface area contributed by atoms with E-state index in [2.05, 4.69) is 35.6 Å². The number of aliphatic imine (C=N–C) groups is 1. The molecule has 0 radical (unpaired) electrons. The van der Waals surface area contributed by atoms with Crippen molar-refractivity contribution < 1.29 is 13.9 Å². The number of pyridine rings is 1. The third-order valence-electron chi connectivity index (χ3n) is 5.19. The van der Waals surface area contributed by atoms with E-state index >= 15 is 0 Å². The van der Waals surface area contributed by atoms with Crippen molar-refractivity contribution in [3.8, 4) is 0 Å². The molecular formula is C19H22ClFN6O2. The second-order valence-corrected chi connectivity index (χ2v) is 7.61. The number of halogens is 2. The van der Waals surface area contributed by atoms with Gasteiger partial charge in [-0.1, -0.05) is 11.6 Å². The zero-order valence-electron chi connectivity index (χ0n) is 15.8. The van der Waals surface area contributed by atoms with E-state index in [1.165, 1.54) is 13.3 Å². The number of aromatic nitrogens is 2. The Bertz CT molecular complexity index is 975. The first-order chi connectivity index (χ1) is 14.0. The van der Waals surface area contributed by atoms with Crippen molar-refractivity contribution in [2.24, 2.45) is 4.99 Å². The number of alkyl carbamates (subject to hydrolysis) is 1. The minimum absolute atomic E-state index is 0.00672. The molecule has 4 N–H and O–H groups in total. The predicted molar refractivity (Wildman–Crippen MR) is 108 cm³/mol. The van der Waals surface area contributed by atoms with Crippen LogP contribution in [0.2, 0.25) is 5.02 Å². The average Bonchev–Trinajstić information content (AvgIpc) is 3.13. The second-order valence-electron chi connectivity index (χ2n) is 7.17. The summed E-state index contributed by atoms with van der Waals surface area (Å²) in [6.07, 6.45) is 6.75. The number of amides is 1. The number of hydrogen-bond acceptors (Lipinski definition) is 6. The van der Waals surface area contributed by atoms with Gasteiger partial charge in [0, 0.05) is 41.6 Å². The Morgan fingerprint density at radius 2 is 2.21 bits per heavy atom. The Kier molecular flexibility index (Phi) is 5.68. The highest BCUT2D eigenvalue weighted by molar-refractivity contribution is 6.31. The van der Waals surface area contributed by atoms with Crippen LogP contribution in [0.1, 0.15) is 31.2 Å². The number of nitrogens with zero attached hydrogens (tertiary/aromatic N) is 2. The van der Waals surface area contributed by atoms with E-state index in [1.807, 2.05) is 0 Å². The molecule has 1 fully saturated rings. The van der Waals surface area contributed by atoms with Gasteiger partial charge in [0.25, 0.3) is 0 Å². The van der Waals surface area contributed by atoms with Crippen molar-refractivity contribution in [3.63, 3.8) is 0 Å². The van der Waals surface area contributed by atoms with Gasteiger partial charge in [-0.05, 0) is 31.7 Å². The van der Waals surface area contributed by atoms with Gasteiger partial charge in [0.15, 0.2) is 12.0 Å². The van der Waals surface area contributed by atoms with E-state index in [1.54, 1.807) is 18.5 Å². The van der Waals surface area contributed by atoms with Crippen LogP contribution in [0.25, 0.3) is 11.0 Å². The van der Waals surface area contributed by atoms with Crippen molar-refractivity contribution in [2.45, 2.75) is 43.9 Å². The van der Waals surface area contributed by atoms with E-state index < -0.39 is 18.1 Å². The van der Waals surface area contributed by atoms with Crippen LogP contribution in [-0.4, -0.2) is 47.3 Å². The fraction of sp³-hybridized carbons (Fsp3) is 0.421. The van der Waals surface area contributed by atoms with E-state index in [0.29, 0.717) is 22.9 Å². The van der Waals surface area contributed by atoms with Crippen LogP contribution in [0, 0.1) is 0 Å². The molecule has 2 aliphatic rings. The molecule has 154 valence electrons. The molecule has 1 aliphatic heterocycles. The molecule has 0 saturated heterocycles. The van der Waals surface area contributed by atoms with Crippen molar-refractivity contribution in [1.29, 1.82) is 0 Å². The monoisotopic (exact) mass is 420 g/mol. The number of amidine groups is 1. The van der Waals surface area contributed by atoms with Gasteiger partial charge < -0.3 is 20.4 Å². The van der Waals surface area contributed by atoms with Gasteiger partial charge >= 0.3 is 6.09 Å². The summed E-state index contributed by atoms with van der Waals surface area (Å²) in [5, 5.41) is 10.3. The number of rotatable bonds is 4. The Hall–Kier alpha value is -2.65.